The number of rotatable bonds is 6. The van der Waals surface area contributed by atoms with Crippen LogP contribution in [0.3, 0.4) is 0 Å². The molecule has 0 spiro atoms. The lowest BCUT2D eigenvalue weighted by Gasteiger charge is -2.21. The van der Waals surface area contributed by atoms with Crippen molar-refractivity contribution in [2.75, 3.05) is 24.3 Å². The molecule has 0 saturated carbocycles. The van der Waals surface area contributed by atoms with Gasteiger partial charge >= 0.3 is 0 Å². The van der Waals surface area contributed by atoms with Gasteiger partial charge in [0.05, 0.1) is 19.0 Å². The molecule has 0 bridgehead atoms. The molecule has 0 aliphatic carbocycles. The van der Waals surface area contributed by atoms with Crippen molar-refractivity contribution < 1.29 is 9.53 Å². The number of amides is 1. The molecule has 0 aliphatic rings. The molecule has 2 rings (SSSR count). The van der Waals surface area contributed by atoms with E-state index in [0.717, 1.165) is 0 Å². The van der Waals surface area contributed by atoms with E-state index < -0.39 is 0 Å². The van der Waals surface area contributed by atoms with E-state index in [4.69, 9.17) is 10.00 Å². The number of methoxy groups -OCH3 is 1. The van der Waals surface area contributed by atoms with Gasteiger partial charge in [0, 0.05) is 17.6 Å². The number of aromatic nitrogens is 2. The van der Waals surface area contributed by atoms with Crippen molar-refractivity contribution in [1.82, 2.24) is 15.3 Å². The van der Waals surface area contributed by atoms with Crippen LogP contribution >= 0.6 is 0 Å². The summed E-state index contributed by atoms with van der Waals surface area (Å²) in [6, 6.07) is 7.12. The fourth-order valence-corrected chi connectivity index (χ4v) is 2.30. The van der Waals surface area contributed by atoms with Crippen LogP contribution in [0.1, 0.15) is 43.6 Å². The van der Waals surface area contributed by atoms with Gasteiger partial charge in [-0.05, 0) is 45.9 Å². The second-order valence-corrected chi connectivity index (χ2v) is 6.84. The van der Waals surface area contributed by atoms with Gasteiger partial charge in [-0.15, -0.1) is 0 Å². The summed E-state index contributed by atoms with van der Waals surface area (Å²) in [5.74, 6) is 1.07. The Balaban J connectivity index is 2.28. The molecule has 1 amide bonds. The Morgan fingerprint density at radius 3 is 2.67 bits per heavy atom. The lowest BCUT2D eigenvalue weighted by molar-refractivity contribution is 0.0919. The molecule has 142 valence electrons. The number of hydrogen-bond acceptors (Lipinski definition) is 7. The maximum Gasteiger partial charge on any atom is 0.251 e. The Bertz CT molecular complexity index is 867. The van der Waals surface area contributed by atoms with Crippen LogP contribution in [-0.2, 0) is 0 Å². The second-order valence-electron chi connectivity index (χ2n) is 6.84. The molecule has 27 heavy (non-hydrogen) atoms. The van der Waals surface area contributed by atoms with Crippen LogP contribution < -0.4 is 20.7 Å². The smallest absolute Gasteiger partial charge is 0.251 e. The Kier molecular flexibility index (Phi) is 6.19. The lowest BCUT2D eigenvalue weighted by Crippen LogP contribution is -2.40. The first-order valence-corrected chi connectivity index (χ1v) is 8.56. The van der Waals surface area contributed by atoms with Crippen molar-refractivity contribution in [3.8, 4) is 11.8 Å². The summed E-state index contributed by atoms with van der Waals surface area (Å²) in [5, 5.41) is 18.1. The molecule has 0 fully saturated rings. The van der Waals surface area contributed by atoms with E-state index >= 15 is 0 Å². The van der Waals surface area contributed by atoms with E-state index in [2.05, 4.69) is 25.9 Å². The minimum absolute atomic E-state index is 0.184. The molecule has 0 radical (unpaired) electrons. The van der Waals surface area contributed by atoms with Gasteiger partial charge in [-0.3, -0.25) is 4.79 Å². The van der Waals surface area contributed by atoms with Gasteiger partial charge in [0.2, 0.25) is 5.95 Å². The van der Waals surface area contributed by atoms with Gasteiger partial charge < -0.3 is 20.7 Å². The molecule has 1 aromatic heterocycles. The van der Waals surface area contributed by atoms with Crippen LogP contribution in [0.15, 0.2) is 24.4 Å². The average Bonchev–Trinajstić information content (AvgIpc) is 2.61. The van der Waals surface area contributed by atoms with E-state index in [-0.39, 0.29) is 11.4 Å². The monoisotopic (exact) mass is 368 g/mol. The Morgan fingerprint density at radius 1 is 1.33 bits per heavy atom. The zero-order chi connectivity index (χ0) is 20.0. The van der Waals surface area contributed by atoms with Gasteiger partial charge in [-0.2, -0.15) is 10.2 Å². The summed E-state index contributed by atoms with van der Waals surface area (Å²) < 4.78 is 5.40. The van der Waals surface area contributed by atoms with Gasteiger partial charge in [0.15, 0.2) is 0 Å². The van der Waals surface area contributed by atoms with Crippen molar-refractivity contribution >= 4 is 23.4 Å². The first-order valence-electron chi connectivity index (χ1n) is 8.56. The Morgan fingerprint density at radius 2 is 2.07 bits per heavy atom. The van der Waals surface area contributed by atoms with Crippen LogP contribution in [0.4, 0.5) is 17.5 Å². The molecule has 3 N–H and O–H groups in total. The number of anilines is 3. The largest absolute Gasteiger partial charge is 0.495 e. The molecule has 0 saturated heterocycles. The van der Waals surface area contributed by atoms with Gasteiger partial charge in [0.1, 0.15) is 23.2 Å². The summed E-state index contributed by atoms with van der Waals surface area (Å²) in [4.78, 5) is 20.8. The fraction of sp³-hybridized carbons (Fsp3) is 0.368. The zero-order valence-corrected chi connectivity index (χ0v) is 16.2. The highest BCUT2D eigenvalue weighted by atomic mass is 16.5. The summed E-state index contributed by atoms with van der Waals surface area (Å²) in [5.41, 5.74) is 1.13. The van der Waals surface area contributed by atoms with E-state index in [0.29, 0.717) is 40.9 Å². The number of hydrogen-bond donors (Lipinski definition) is 3. The molecule has 8 heteroatoms. The highest BCUT2D eigenvalue weighted by Crippen LogP contribution is 2.28. The maximum atomic E-state index is 12.3. The topological polar surface area (TPSA) is 112 Å². The van der Waals surface area contributed by atoms with Gasteiger partial charge in [-0.1, -0.05) is 0 Å². The average molecular weight is 368 g/mol. The first-order chi connectivity index (χ1) is 12.8. The van der Waals surface area contributed by atoms with Crippen LogP contribution in [0.2, 0.25) is 0 Å². The lowest BCUT2D eigenvalue weighted by atomic mass is 10.1. The highest BCUT2D eigenvalue weighted by Gasteiger charge is 2.17. The van der Waals surface area contributed by atoms with Crippen molar-refractivity contribution in [3.63, 3.8) is 0 Å². The summed E-state index contributed by atoms with van der Waals surface area (Å²) >= 11 is 0. The van der Waals surface area contributed by atoms with E-state index in [9.17, 15) is 4.79 Å². The van der Waals surface area contributed by atoms with Crippen molar-refractivity contribution in [2.24, 2.45) is 0 Å². The van der Waals surface area contributed by atoms with E-state index in [1.807, 2.05) is 33.8 Å². The normalized spacial score (nSPS) is 10.7. The van der Waals surface area contributed by atoms with E-state index in [1.165, 1.54) is 13.3 Å². The fourth-order valence-electron chi connectivity index (χ4n) is 2.30. The Hall–Kier alpha value is -3.34. The third kappa shape index (κ3) is 5.31. The quantitative estimate of drug-likeness (QED) is 0.718. The summed E-state index contributed by atoms with van der Waals surface area (Å²) in [6.45, 7) is 8.31. The molecule has 8 nitrogen and oxygen atoms in total. The zero-order valence-electron chi connectivity index (χ0n) is 16.2. The molecule has 1 aromatic carbocycles. The van der Waals surface area contributed by atoms with Gasteiger partial charge in [-0.25, -0.2) is 4.98 Å². The maximum absolute atomic E-state index is 12.3. The minimum Gasteiger partial charge on any atom is -0.495 e. The third-order valence-electron chi connectivity index (χ3n) is 3.45. The predicted molar refractivity (Wildman–Crippen MR) is 104 cm³/mol. The molecule has 0 unspecified atom stereocenters. The number of benzene rings is 1. The molecular formula is C19H24N6O2. The summed E-state index contributed by atoms with van der Waals surface area (Å²) in [7, 11) is 1.52. The van der Waals surface area contributed by atoms with Gasteiger partial charge in [0.25, 0.3) is 5.91 Å². The second kappa shape index (κ2) is 8.36. The Labute approximate surface area is 159 Å². The third-order valence-corrected chi connectivity index (χ3v) is 3.45. The van der Waals surface area contributed by atoms with Crippen LogP contribution in [0.5, 0.6) is 5.75 Å². The van der Waals surface area contributed by atoms with Crippen LogP contribution in [0, 0.1) is 11.3 Å². The van der Waals surface area contributed by atoms with Crippen molar-refractivity contribution in [1.29, 1.82) is 5.26 Å². The minimum atomic E-state index is -0.333. The number of nitriles is 1. The number of nitrogens with one attached hydrogen (secondary N) is 3. The molecule has 2 aromatic rings. The standard InChI is InChI=1S/C19H24N6O2/c1-6-21-16-13(10-20)11-22-18(24-16)23-14-8-7-12(9-15(14)27-5)17(26)25-19(2,3)4/h7-9,11H,6H2,1-5H3,(H,25,26)(H2,21,22,23,24). The highest BCUT2D eigenvalue weighted by molar-refractivity contribution is 5.95. The SMILES string of the molecule is CCNc1nc(Nc2ccc(C(=O)NC(C)(C)C)cc2OC)ncc1C#N. The molecule has 0 atom stereocenters. The number of nitrogens with zero attached hydrogens (tertiary/aromatic N) is 3. The van der Waals surface area contributed by atoms with Crippen molar-refractivity contribution in [3.05, 3.63) is 35.5 Å². The first kappa shape index (κ1) is 20.0. The molecule has 1 heterocycles. The molecule has 0 aliphatic heterocycles. The summed E-state index contributed by atoms with van der Waals surface area (Å²) in [6.07, 6.45) is 1.45. The van der Waals surface area contributed by atoms with Crippen molar-refractivity contribution in [2.45, 2.75) is 33.2 Å². The van der Waals surface area contributed by atoms with Crippen LogP contribution in [0.25, 0.3) is 0 Å². The van der Waals surface area contributed by atoms with Crippen LogP contribution in [-0.4, -0.2) is 35.1 Å². The number of ether oxygens (including phenoxy) is 1. The predicted octanol–water partition coefficient (Wildman–Crippen LogP) is 3.06. The molecular weight excluding hydrogens is 344 g/mol. The van der Waals surface area contributed by atoms with E-state index in [1.54, 1.807) is 18.2 Å². The number of carbonyl (C=O) groups is 1. The number of carbonyl (C=O) groups excluding carboxylic acids is 1.